The molecule has 0 aliphatic carbocycles. The van der Waals surface area contributed by atoms with Gasteiger partial charge in [-0.2, -0.15) is 0 Å². The van der Waals surface area contributed by atoms with Crippen molar-refractivity contribution in [3.63, 3.8) is 0 Å². The van der Waals surface area contributed by atoms with Gasteiger partial charge in [-0.15, -0.1) is 0 Å². The Labute approximate surface area is 109 Å². The van der Waals surface area contributed by atoms with Gasteiger partial charge in [-0.25, -0.2) is 0 Å². The SMILES string of the molecule is [N-]=[N+]=NCC=Cc1cn(CC(=O)O)c2ccccc12. The molecule has 96 valence electrons. The number of aliphatic carboxylic acids is 1. The zero-order valence-electron chi connectivity index (χ0n) is 10.1. The van der Waals surface area contributed by atoms with Gasteiger partial charge in [0.05, 0.1) is 0 Å². The molecule has 1 heterocycles. The number of nitrogens with zero attached hydrogens (tertiary/aromatic N) is 4. The molecule has 2 aromatic rings. The number of fused-ring (bicyclic) bond motifs is 1. The standard InChI is InChI=1S/C13H12N4O2/c14-16-15-7-3-4-10-8-17(9-13(18)19)12-6-2-1-5-11(10)12/h1-6,8H,7,9H2,(H,18,19). The monoisotopic (exact) mass is 256 g/mol. The lowest BCUT2D eigenvalue weighted by molar-refractivity contribution is -0.137. The van der Waals surface area contributed by atoms with Gasteiger partial charge in [-0.05, 0) is 17.2 Å². The Hall–Kier alpha value is -2.72. The predicted octanol–water partition coefficient (Wildman–Crippen LogP) is 3.05. The maximum Gasteiger partial charge on any atom is 0.323 e. The molecule has 0 radical (unpaired) electrons. The van der Waals surface area contributed by atoms with E-state index in [1.54, 1.807) is 16.8 Å². The second-order valence-electron chi connectivity index (χ2n) is 3.94. The van der Waals surface area contributed by atoms with Gasteiger partial charge < -0.3 is 9.67 Å². The Balaban J connectivity index is 2.40. The van der Waals surface area contributed by atoms with Crippen LogP contribution in [0.15, 0.2) is 41.7 Å². The first-order valence-electron chi connectivity index (χ1n) is 5.69. The van der Waals surface area contributed by atoms with Crippen molar-refractivity contribution in [3.05, 3.63) is 52.5 Å². The average molecular weight is 256 g/mol. The van der Waals surface area contributed by atoms with Gasteiger partial charge in [0.25, 0.3) is 0 Å². The summed E-state index contributed by atoms with van der Waals surface area (Å²) >= 11 is 0. The Kier molecular flexibility index (Phi) is 3.85. The highest BCUT2D eigenvalue weighted by Crippen LogP contribution is 2.22. The topological polar surface area (TPSA) is 91.0 Å². The molecule has 0 aliphatic rings. The fourth-order valence-corrected chi connectivity index (χ4v) is 1.95. The van der Waals surface area contributed by atoms with Crippen LogP contribution in [0.3, 0.4) is 0 Å². The summed E-state index contributed by atoms with van der Waals surface area (Å²) in [6.07, 6.45) is 5.35. The maximum atomic E-state index is 10.8. The summed E-state index contributed by atoms with van der Waals surface area (Å²) in [5.74, 6) is -0.884. The molecule has 1 N–H and O–H groups in total. The lowest BCUT2D eigenvalue weighted by Gasteiger charge is -1.99. The molecular weight excluding hydrogens is 244 g/mol. The smallest absolute Gasteiger partial charge is 0.323 e. The third-order valence-electron chi connectivity index (χ3n) is 2.67. The highest BCUT2D eigenvalue weighted by atomic mass is 16.4. The molecule has 0 unspecified atom stereocenters. The quantitative estimate of drug-likeness (QED) is 0.506. The summed E-state index contributed by atoms with van der Waals surface area (Å²) in [6, 6.07) is 7.58. The number of aromatic nitrogens is 1. The fourth-order valence-electron chi connectivity index (χ4n) is 1.95. The number of azide groups is 1. The average Bonchev–Trinajstić information content (AvgIpc) is 2.73. The van der Waals surface area contributed by atoms with E-state index in [4.69, 9.17) is 10.6 Å². The maximum absolute atomic E-state index is 10.8. The summed E-state index contributed by atoms with van der Waals surface area (Å²) < 4.78 is 1.69. The van der Waals surface area contributed by atoms with Crippen molar-refractivity contribution in [3.8, 4) is 0 Å². The van der Waals surface area contributed by atoms with Gasteiger partial charge in [0, 0.05) is 28.6 Å². The van der Waals surface area contributed by atoms with Crippen molar-refractivity contribution in [2.24, 2.45) is 5.11 Å². The third-order valence-corrected chi connectivity index (χ3v) is 2.67. The van der Waals surface area contributed by atoms with Gasteiger partial charge in [0.15, 0.2) is 0 Å². The minimum atomic E-state index is -0.884. The van der Waals surface area contributed by atoms with Crippen molar-refractivity contribution in [2.75, 3.05) is 6.54 Å². The van der Waals surface area contributed by atoms with Crippen LogP contribution in [0, 0.1) is 0 Å². The zero-order valence-corrected chi connectivity index (χ0v) is 10.1. The van der Waals surface area contributed by atoms with Crippen molar-refractivity contribution >= 4 is 22.9 Å². The second kappa shape index (κ2) is 5.75. The minimum absolute atomic E-state index is 0.0787. The number of benzene rings is 1. The second-order valence-corrected chi connectivity index (χ2v) is 3.94. The third kappa shape index (κ3) is 2.94. The molecule has 6 heteroatoms. The summed E-state index contributed by atoms with van der Waals surface area (Å²) in [5, 5.41) is 13.3. The largest absolute Gasteiger partial charge is 0.480 e. The number of rotatable bonds is 5. The number of para-hydroxylation sites is 1. The Bertz CT molecular complexity index is 681. The van der Waals surface area contributed by atoms with E-state index in [9.17, 15) is 4.79 Å². The molecule has 0 aliphatic heterocycles. The van der Waals surface area contributed by atoms with E-state index in [-0.39, 0.29) is 13.1 Å². The minimum Gasteiger partial charge on any atom is -0.480 e. The first-order valence-corrected chi connectivity index (χ1v) is 5.69. The molecule has 2 rings (SSSR count). The van der Waals surface area contributed by atoms with E-state index >= 15 is 0 Å². The molecule has 19 heavy (non-hydrogen) atoms. The Morgan fingerprint density at radius 3 is 3.00 bits per heavy atom. The molecule has 1 aromatic heterocycles. The fraction of sp³-hybridized carbons (Fsp3) is 0.154. The molecule has 6 nitrogen and oxygen atoms in total. The Morgan fingerprint density at radius 1 is 1.47 bits per heavy atom. The summed E-state index contributed by atoms with van der Waals surface area (Å²) in [5.41, 5.74) is 9.97. The van der Waals surface area contributed by atoms with Crippen LogP contribution >= 0.6 is 0 Å². The van der Waals surface area contributed by atoms with Crippen LogP contribution in [0.2, 0.25) is 0 Å². The number of hydrogen-bond donors (Lipinski definition) is 1. The molecule has 1 aromatic carbocycles. The van der Waals surface area contributed by atoms with E-state index in [0.717, 1.165) is 16.5 Å². The van der Waals surface area contributed by atoms with Gasteiger partial charge in [0.2, 0.25) is 0 Å². The molecule has 0 atom stereocenters. The van der Waals surface area contributed by atoms with Crippen molar-refractivity contribution in [2.45, 2.75) is 6.54 Å². The lowest BCUT2D eigenvalue weighted by atomic mass is 10.1. The van der Waals surface area contributed by atoms with Crippen LogP contribution in [-0.4, -0.2) is 22.2 Å². The number of hydrogen-bond acceptors (Lipinski definition) is 2. The molecule has 0 saturated carbocycles. The molecule has 0 bridgehead atoms. The molecule has 0 amide bonds. The molecular formula is C13H12N4O2. The lowest BCUT2D eigenvalue weighted by Crippen LogP contribution is -2.07. The predicted molar refractivity (Wildman–Crippen MR) is 72.6 cm³/mol. The highest BCUT2D eigenvalue weighted by molar-refractivity contribution is 5.90. The van der Waals surface area contributed by atoms with Crippen molar-refractivity contribution in [1.82, 2.24) is 4.57 Å². The number of carboxylic acids is 1. The van der Waals surface area contributed by atoms with Crippen LogP contribution in [0.1, 0.15) is 5.56 Å². The highest BCUT2D eigenvalue weighted by Gasteiger charge is 2.07. The van der Waals surface area contributed by atoms with E-state index in [0.29, 0.717) is 0 Å². The van der Waals surface area contributed by atoms with Gasteiger partial charge in [0.1, 0.15) is 6.54 Å². The molecule has 0 spiro atoms. The van der Waals surface area contributed by atoms with E-state index in [2.05, 4.69) is 10.0 Å². The molecule has 0 saturated heterocycles. The number of carbonyl (C=O) groups is 1. The zero-order chi connectivity index (χ0) is 13.7. The van der Waals surface area contributed by atoms with Gasteiger partial charge in [-0.1, -0.05) is 35.5 Å². The van der Waals surface area contributed by atoms with Crippen LogP contribution in [0.25, 0.3) is 27.4 Å². The van der Waals surface area contributed by atoms with E-state index in [1.807, 2.05) is 30.3 Å². The summed E-state index contributed by atoms with van der Waals surface area (Å²) in [7, 11) is 0. The Morgan fingerprint density at radius 2 is 2.26 bits per heavy atom. The van der Waals surface area contributed by atoms with Crippen molar-refractivity contribution < 1.29 is 9.90 Å². The number of carboxylic acid groups (broad SMARTS) is 1. The summed E-state index contributed by atoms with van der Waals surface area (Å²) in [6.45, 7) is 0.194. The van der Waals surface area contributed by atoms with Crippen LogP contribution in [0.4, 0.5) is 0 Å². The van der Waals surface area contributed by atoms with Gasteiger partial charge in [-0.3, -0.25) is 4.79 Å². The van der Waals surface area contributed by atoms with Crippen LogP contribution < -0.4 is 0 Å². The normalized spacial score (nSPS) is 10.7. The molecule has 0 fully saturated rings. The summed E-state index contributed by atoms with van der Waals surface area (Å²) in [4.78, 5) is 13.5. The first-order chi connectivity index (χ1) is 9.22. The van der Waals surface area contributed by atoms with Crippen LogP contribution in [0.5, 0.6) is 0 Å². The van der Waals surface area contributed by atoms with Gasteiger partial charge >= 0.3 is 5.97 Å². The van der Waals surface area contributed by atoms with Crippen molar-refractivity contribution in [1.29, 1.82) is 0 Å². The van der Waals surface area contributed by atoms with Crippen LogP contribution in [-0.2, 0) is 11.3 Å². The van der Waals surface area contributed by atoms with E-state index < -0.39 is 5.97 Å². The van der Waals surface area contributed by atoms with E-state index in [1.165, 1.54) is 0 Å². The first kappa shape index (κ1) is 12.7.